The zero-order valence-electron chi connectivity index (χ0n) is 10.1. The standard InChI is InChI=1S/C11H24NO3/c1-4-15-10(2)12(9-14-3)8-6-5-7-11(12)13/h10-11,13H,4-9H2,1-3H3/q+1. The monoisotopic (exact) mass is 218 g/mol. The third-order valence-electron chi connectivity index (χ3n) is 3.38. The van der Waals surface area contributed by atoms with Crippen molar-refractivity contribution in [1.29, 1.82) is 0 Å². The Morgan fingerprint density at radius 1 is 1.47 bits per heavy atom. The number of quaternary nitrogens is 1. The van der Waals surface area contributed by atoms with Crippen molar-refractivity contribution in [3.05, 3.63) is 0 Å². The lowest BCUT2D eigenvalue weighted by Gasteiger charge is -2.47. The molecule has 0 aromatic heterocycles. The van der Waals surface area contributed by atoms with E-state index in [1.165, 1.54) is 0 Å². The van der Waals surface area contributed by atoms with Crippen molar-refractivity contribution >= 4 is 0 Å². The Morgan fingerprint density at radius 3 is 2.73 bits per heavy atom. The van der Waals surface area contributed by atoms with Crippen LogP contribution in [0.15, 0.2) is 0 Å². The van der Waals surface area contributed by atoms with Crippen LogP contribution in [0.5, 0.6) is 0 Å². The molecule has 1 heterocycles. The van der Waals surface area contributed by atoms with E-state index in [2.05, 4.69) is 0 Å². The van der Waals surface area contributed by atoms with Crippen LogP contribution in [0.1, 0.15) is 33.1 Å². The number of aliphatic hydroxyl groups excluding tert-OH is 1. The van der Waals surface area contributed by atoms with Gasteiger partial charge in [0, 0.05) is 20.5 Å². The summed E-state index contributed by atoms with van der Waals surface area (Å²) in [6.45, 7) is 6.16. The van der Waals surface area contributed by atoms with Gasteiger partial charge in [0.2, 0.25) is 0 Å². The van der Waals surface area contributed by atoms with Crippen LogP contribution in [0.2, 0.25) is 0 Å². The maximum Gasteiger partial charge on any atom is 0.194 e. The molecule has 90 valence electrons. The summed E-state index contributed by atoms with van der Waals surface area (Å²) in [6, 6.07) is 0. The van der Waals surface area contributed by atoms with Gasteiger partial charge in [-0.2, -0.15) is 0 Å². The van der Waals surface area contributed by atoms with E-state index in [0.717, 1.165) is 25.8 Å². The van der Waals surface area contributed by atoms with Crippen molar-refractivity contribution < 1.29 is 19.1 Å². The van der Waals surface area contributed by atoms with Crippen molar-refractivity contribution in [3.8, 4) is 0 Å². The van der Waals surface area contributed by atoms with E-state index in [9.17, 15) is 5.11 Å². The predicted molar refractivity (Wildman–Crippen MR) is 57.9 cm³/mol. The molecule has 1 fully saturated rings. The fourth-order valence-corrected chi connectivity index (χ4v) is 2.45. The van der Waals surface area contributed by atoms with Gasteiger partial charge in [-0.15, -0.1) is 0 Å². The summed E-state index contributed by atoms with van der Waals surface area (Å²) in [5, 5.41) is 10.2. The molecule has 1 rings (SSSR count). The SMILES string of the molecule is CCOC(C)[N+]1(COC)CCCCC1O. The Labute approximate surface area is 92.4 Å². The van der Waals surface area contributed by atoms with Gasteiger partial charge in [0.25, 0.3) is 0 Å². The van der Waals surface area contributed by atoms with Crippen LogP contribution in [0.25, 0.3) is 0 Å². The van der Waals surface area contributed by atoms with E-state index in [0.29, 0.717) is 17.8 Å². The molecule has 4 nitrogen and oxygen atoms in total. The van der Waals surface area contributed by atoms with Crippen molar-refractivity contribution in [2.45, 2.75) is 45.6 Å². The number of piperidine rings is 1. The molecule has 4 heteroatoms. The molecule has 0 aromatic rings. The highest BCUT2D eigenvalue weighted by Crippen LogP contribution is 2.28. The normalized spacial score (nSPS) is 34.0. The molecule has 0 aromatic carbocycles. The molecule has 0 amide bonds. The Bertz CT molecular complexity index is 185. The second-order valence-electron chi connectivity index (χ2n) is 4.28. The van der Waals surface area contributed by atoms with Crippen molar-refractivity contribution in [3.63, 3.8) is 0 Å². The van der Waals surface area contributed by atoms with Gasteiger partial charge in [-0.25, -0.2) is 0 Å². The van der Waals surface area contributed by atoms with Gasteiger partial charge in [0.15, 0.2) is 19.2 Å². The average Bonchev–Trinajstić information content (AvgIpc) is 2.22. The molecule has 0 bridgehead atoms. The minimum Gasteiger partial charge on any atom is -0.345 e. The number of ether oxygens (including phenoxy) is 2. The number of rotatable bonds is 5. The van der Waals surface area contributed by atoms with Crippen LogP contribution in [-0.4, -0.2) is 49.0 Å². The summed E-state index contributed by atoms with van der Waals surface area (Å²) in [7, 11) is 1.68. The lowest BCUT2D eigenvalue weighted by molar-refractivity contribution is -1.03. The molecule has 1 aliphatic rings. The molecule has 15 heavy (non-hydrogen) atoms. The largest absolute Gasteiger partial charge is 0.345 e. The Kier molecular flexibility index (Phi) is 4.99. The van der Waals surface area contributed by atoms with Crippen LogP contribution >= 0.6 is 0 Å². The van der Waals surface area contributed by atoms with Gasteiger partial charge in [-0.1, -0.05) is 0 Å². The number of hydrogen-bond acceptors (Lipinski definition) is 3. The molecular formula is C11H24NO3+. The molecule has 1 saturated heterocycles. The second kappa shape index (κ2) is 5.80. The van der Waals surface area contributed by atoms with Gasteiger partial charge in [-0.3, -0.25) is 4.48 Å². The molecule has 0 aliphatic carbocycles. The Morgan fingerprint density at radius 2 is 2.20 bits per heavy atom. The predicted octanol–water partition coefficient (Wildman–Crippen LogP) is 1.29. The Hall–Kier alpha value is -0.160. The van der Waals surface area contributed by atoms with E-state index >= 15 is 0 Å². The minimum absolute atomic E-state index is 0.00486. The first-order valence-corrected chi connectivity index (χ1v) is 5.82. The van der Waals surface area contributed by atoms with E-state index in [-0.39, 0.29) is 12.5 Å². The first-order valence-electron chi connectivity index (χ1n) is 5.82. The molecule has 0 saturated carbocycles. The molecular weight excluding hydrogens is 194 g/mol. The van der Waals surface area contributed by atoms with Crippen LogP contribution in [0.4, 0.5) is 0 Å². The smallest absolute Gasteiger partial charge is 0.194 e. The first-order chi connectivity index (χ1) is 7.17. The van der Waals surface area contributed by atoms with E-state index < -0.39 is 0 Å². The summed E-state index contributed by atoms with van der Waals surface area (Å²) < 4.78 is 11.4. The molecule has 1 N–H and O–H groups in total. The fourth-order valence-electron chi connectivity index (χ4n) is 2.45. The average molecular weight is 218 g/mol. The summed E-state index contributed by atoms with van der Waals surface area (Å²) in [5.41, 5.74) is 0. The maximum atomic E-state index is 10.2. The summed E-state index contributed by atoms with van der Waals surface area (Å²) in [5.74, 6) is 0. The van der Waals surface area contributed by atoms with Gasteiger partial charge in [-0.05, 0) is 19.8 Å². The summed E-state index contributed by atoms with van der Waals surface area (Å²) in [4.78, 5) is 0. The third kappa shape index (κ3) is 2.69. The lowest BCUT2D eigenvalue weighted by Crippen LogP contribution is -2.64. The van der Waals surface area contributed by atoms with Crippen LogP contribution in [0, 0.1) is 0 Å². The molecule has 3 atom stereocenters. The van der Waals surface area contributed by atoms with Crippen LogP contribution < -0.4 is 0 Å². The molecule has 0 radical (unpaired) electrons. The first kappa shape index (κ1) is 12.9. The third-order valence-corrected chi connectivity index (χ3v) is 3.38. The fraction of sp³-hybridized carbons (Fsp3) is 1.00. The number of likely N-dealkylation sites (tertiary alicyclic amines) is 1. The van der Waals surface area contributed by atoms with Crippen molar-refractivity contribution in [2.75, 3.05) is 27.0 Å². The zero-order chi connectivity index (χ0) is 11.3. The van der Waals surface area contributed by atoms with Crippen molar-refractivity contribution in [2.24, 2.45) is 0 Å². The number of hydrogen-bond donors (Lipinski definition) is 1. The zero-order valence-corrected chi connectivity index (χ0v) is 10.1. The highest BCUT2D eigenvalue weighted by molar-refractivity contribution is 4.57. The lowest BCUT2D eigenvalue weighted by atomic mass is 10.1. The highest BCUT2D eigenvalue weighted by Gasteiger charge is 2.43. The van der Waals surface area contributed by atoms with Crippen molar-refractivity contribution in [1.82, 2.24) is 0 Å². The minimum atomic E-state index is -0.347. The maximum absolute atomic E-state index is 10.2. The topological polar surface area (TPSA) is 38.7 Å². The van der Waals surface area contributed by atoms with E-state index in [4.69, 9.17) is 9.47 Å². The molecule has 1 aliphatic heterocycles. The van der Waals surface area contributed by atoms with Crippen LogP contribution in [-0.2, 0) is 9.47 Å². The van der Waals surface area contributed by atoms with Gasteiger partial charge >= 0.3 is 0 Å². The number of methoxy groups -OCH3 is 1. The van der Waals surface area contributed by atoms with Gasteiger partial charge in [0.1, 0.15) is 0 Å². The number of nitrogens with zero attached hydrogens (tertiary/aromatic N) is 1. The molecule has 0 spiro atoms. The van der Waals surface area contributed by atoms with E-state index in [1.807, 2.05) is 13.8 Å². The summed E-state index contributed by atoms with van der Waals surface area (Å²) in [6.07, 6.45) is 2.74. The number of aliphatic hydroxyl groups is 1. The van der Waals surface area contributed by atoms with Crippen LogP contribution in [0.3, 0.4) is 0 Å². The molecule has 3 unspecified atom stereocenters. The Balaban J connectivity index is 2.74. The van der Waals surface area contributed by atoms with Gasteiger partial charge < -0.3 is 14.6 Å². The summed E-state index contributed by atoms with van der Waals surface area (Å²) >= 11 is 0. The quantitative estimate of drug-likeness (QED) is 0.707. The highest BCUT2D eigenvalue weighted by atomic mass is 16.5. The van der Waals surface area contributed by atoms with Gasteiger partial charge in [0.05, 0.1) is 13.2 Å². The second-order valence-corrected chi connectivity index (χ2v) is 4.28. The van der Waals surface area contributed by atoms with E-state index in [1.54, 1.807) is 7.11 Å².